The standard InChI is InChI=1S/C12H12ClN5/c1-7-9-6-8(13)2-3-10(9)17-12(16-7)18-11-14-4-5-15-11/h2-3,6H,4-5H2,1H3,(H2,14,15,16,17,18). The van der Waals surface area contributed by atoms with Crippen molar-refractivity contribution >= 4 is 34.4 Å². The molecule has 6 heteroatoms. The summed E-state index contributed by atoms with van der Waals surface area (Å²) in [4.78, 5) is 13.1. The fraction of sp³-hybridized carbons (Fsp3) is 0.250. The molecule has 0 aliphatic carbocycles. The van der Waals surface area contributed by atoms with E-state index < -0.39 is 0 Å². The van der Waals surface area contributed by atoms with Crippen molar-refractivity contribution in [2.45, 2.75) is 6.92 Å². The largest absolute Gasteiger partial charge is 0.354 e. The molecule has 2 heterocycles. The Bertz CT molecular complexity index is 638. The molecule has 92 valence electrons. The lowest BCUT2D eigenvalue weighted by Gasteiger charge is -2.08. The van der Waals surface area contributed by atoms with Crippen LogP contribution in [0.15, 0.2) is 23.2 Å². The minimum Gasteiger partial charge on any atom is -0.354 e. The lowest BCUT2D eigenvalue weighted by Crippen LogP contribution is -2.27. The summed E-state index contributed by atoms with van der Waals surface area (Å²) in [5.74, 6) is 1.28. The van der Waals surface area contributed by atoms with Crippen LogP contribution in [-0.4, -0.2) is 29.0 Å². The van der Waals surface area contributed by atoms with Gasteiger partial charge in [0.1, 0.15) is 0 Å². The van der Waals surface area contributed by atoms with Crippen LogP contribution in [0.1, 0.15) is 5.69 Å². The highest BCUT2D eigenvalue weighted by Crippen LogP contribution is 2.21. The molecular weight excluding hydrogens is 250 g/mol. The minimum absolute atomic E-state index is 0.551. The van der Waals surface area contributed by atoms with Gasteiger partial charge in [-0.2, -0.15) is 0 Å². The van der Waals surface area contributed by atoms with Gasteiger partial charge in [-0.1, -0.05) is 11.6 Å². The number of aryl methyl sites for hydroxylation is 1. The first-order valence-electron chi connectivity index (χ1n) is 5.71. The van der Waals surface area contributed by atoms with E-state index in [2.05, 4.69) is 25.6 Å². The van der Waals surface area contributed by atoms with Gasteiger partial charge in [-0.05, 0) is 25.1 Å². The van der Waals surface area contributed by atoms with E-state index in [9.17, 15) is 0 Å². The van der Waals surface area contributed by atoms with E-state index in [-0.39, 0.29) is 0 Å². The summed E-state index contributed by atoms with van der Waals surface area (Å²) < 4.78 is 0. The SMILES string of the molecule is Cc1nc(NC2=NCCN2)nc2ccc(Cl)cc12. The zero-order valence-electron chi connectivity index (χ0n) is 9.87. The molecule has 1 aliphatic rings. The lowest BCUT2D eigenvalue weighted by molar-refractivity contribution is 0.958. The number of nitrogens with one attached hydrogen (secondary N) is 2. The number of aliphatic imine (C=N–C) groups is 1. The number of aromatic nitrogens is 2. The van der Waals surface area contributed by atoms with Crippen molar-refractivity contribution in [1.82, 2.24) is 15.3 Å². The molecule has 1 aromatic carbocycles. The molecule has 0 atom stereocenters. The predicted octanol–water partition coefficient (Wildman–Crippen LogP) is 1.96. The van der Waals surface area contributed by atoms with Crippen LogP contribution in [0.2, 0.25) is 5.02 Å². The van der Waals surface area contributed by atoms with Crippen molar-refractivity contribution in [2.75, 3.05) is 18.4 Å². The number of benzene rings is 1. The molecule has 0 saturated heterocycles. The summed E-state index contributed by atoms with van der Waals surface area (Å²) in [6.07, 6.45) is 0. The Hall–Kier alpha value is -1.88. The third-order valence-electron chi connectivity index (χ3n) is 2.75. The second kappa shape index (κ2) is 4.42. The van der Waals surface area contributed by atoms with Crippen LogP contribution < -0.4 is 10.6 Å². The zero-order valence-corrected chi connectivity index (χ0v) is 10.6. The molecule has 2 aromatic rings. The second-order valence-electron chi connectivity index (χ2n) is 4.08. The average Bonchev–Trinajstić information content (AvgIpc) is 2.83. The van der Waals surface area contributed by atoms with Gasteiger partial charge in [0.15, 0.2) is 5.96 Å². The van der Waals surface area contributed by atoms with Crippen molar-refractivity contribution in [3.05, 3.63) is 28.9 Å². The van der Waals surface area contributed by atoms with Gasteiger partial charge in [0.2, 0.25) is 5.95 Å². The molecule has 5 nitrogen and oxygen atoms in total. The fourth-order valence-corrected chi connectivity index (χ4v) is 2.07. The predicted molar refractivity (Wildman–Crippen MR) is 73.2 cm³/mol. The van der Waals surface area contributed by atoms with Gasteiger partial charge < -0.3 is 5.32 Å². The molecule has 2 N–H and O–H groups in total. The van der Waals surface area contributed by atoms with E-state index in [1.807, 2.05) is 25.1 Å². The molecule has 0 amide bonds. The summed E-state index contributed by atoms with van der Waals surface area (Å²) in [6.45, 7) is 3.57. The summed E-state index contributed by atoms with van der Waals surface area (Å²) >= 11 is 5.97. The smallest absolute Gasteiger partial charge is 0.230 e. The summed E-state index contributed by atoms with van der Waals surface area (Å²) in [7, 11) is 0. The highest BCUT2D eigenvalue weighted by atomic mass is 35.5. The molecule has 3 rings (SSSR count). The normalized spacial score (nSPS) is 14.4. The maximum atomic E-state index is 5.97. The fourth-order valence-electron chi connectivity index (χ4n) is 1.90. The van der Waals surface area contributed by atoms with Crippen LogP contribution in [0.25, 0.3) is 10.9 Å². The van der Waals surface area contributed by atoms with Gasteiger partial charge in [0.25, 0.3) is 0 Å². The maximum Gasteiger partial charge on any atom is 0.230 e. The molecule has 18 heavy (non-hydrogen) atoms. The van der Waals surface area contributed by atoms with Crippen LogP contribution in [0, 0.1) is 6.92 Å². The Morgan fingerprint density at radius 3 is 3.00 bits per heavy atom. The van der Waals surface area contributed by atoms with E-state index in [0.29, 0.717) is 11.0 Å². The molecule has 0 unspecified atom stereocenters. The van der Waals surface area contributed by atoms with Gasteiger partial charge in [-0.15, -0.1) is 0 Å². The molecule has 0 radical (unpaired) electrons. The maximum absolute atomic E-state index is 5.97. The first kappa shape index (κ1) is 11.2. The Kier molecular flexibility index (Phi) is 2.76. The van der Waals surface area contributed by atoms with Crippen molar-refractivity contribution in [1.29, 1.82) is 0 Å². The van der Waals surface area contributed by atoms with Crippen molar-refractivity contribution in [2.24, 2.45) is 4.99 Å². The Morgan fingerprint density at radius 2 is 2.22 bits per heavy atom. The third-order valence-corrected chi connectivity index (χ3v) is 2.99. The zero-order chi connectivity index (χ0) is 12.5. The van der Waals surface area contributed by atoms with E-state index in [1.165, 1.54) is 0 Å². The number of hydrogen-bond donors (Lipinski definition) is 2. The monoisotopic (exact) mass is 261 g/mol. The van der Waals surface area contributed by atoms with Gasteiger partial charge >= 0.3 is 0 Å². The topological polar surface area (TPSA) is 62.2 Å². The lowest BCUT2D eigenvalue weighted by atomic mass is 10.2. The van der Waals surface area contributed by atoms with E-state index in [1.54, 1.807) is 0 Å². The van der Waals surface area contributed by atoms with E-state index in [4.69, 9.17) is 11.6 Å². The molecular formula is C12H12ClN5. The number of halogens is 1. The number of nitrogens with zero attached hydrogens (tertiary/aromatic N) is 3. The second-order valence-corrected chi connectivity index (χ2v) is 4.51. The quantitative estimate of drug-likeness (QED) is 0.824. The van der Waals surface area contributed by atoms with Crippen LogP contribution in [0.4, 0.5) is 5.95 Å². The molecule has 0 spiro atoms. The van der Waals surface area contributed by atoms with Crippen LogP contribution in [0.5, 0.6) is 0 Å². The first-order chi connectivity index (χ1) is 8.72. The average molecular weight is 262 g/mol. The van der Waals surface area contributed by atoms with Crippen molar-refractivity contribution < 1.29 is 0 Å². The minimum atomic E-state index is 0.551. The van der Waals surface area contributed by atoms with Crippen LogP contribution in [0.3, 0.4) is 0 Å². The van der Waals surface area contributed by atoms with Gasteiger partial charge in [-0.25, -0.2) is 9.97 Å². The number of rotatable bonds is 1. The Labute approximate surface area is 109 Å². The van der Waals surface area contributed by atoms with Crippen molar-refractivity contribution in [3.63, 3.8) is 0 Å². The summed E-state index contributed by atoms with van der Waals surface area (Å²) in [6, 6.07) is 5.59. The highest BCUT2D eigenvalue weighted by Gasteiger charge is 2.09. The first-order valence-corrected chi connectivity index (χ1v) is 6.09. The van der Waals surface area contributed by atoms with E-state index >= 15 is 0 Å². The van der Waals surface area contributed by atoms with Gasteiger partial charge in [-0.3, -0.25) is 10.3 Å². The molecule has 0 saturated carbocycles. The highest BCUT2D eigenvalue weighted by molar-refractivity contribution is 6.31. The summed E-state index contributed by atoms with van der Waals surface area (Å²) in [5, 5.41) is 7.85. The summed E-state index contributed by atoms with van der Waals surface area (Å²) in [5.41, 5.74) is 1.76. The molecule has 0 fully saturated rings. The van der Waals surface area contributed by atoms with Crippen LogP contribution in [-0.2, 0) is 0 Å². The van der Waals surface area contributed by atoms with Crippen molar-refractivity contribution in [3.8, 4) is 0 Å². The van der Waals surface area contributed by atoms with Gasteiger partial charge in [0.05, 0.1) is 17.8 Å². The molecule has 0 bridgehead atoms. The van der Waals surface area contributed by atoms with Crippen LogP contribution >= 0.6 is 11.6 Å². The van der Waals surface area contributed by atoms with E-state index in [0.717, 1.165) is 35.6 Å². The van der Waals surface area contributed by atoms with Gasteiger partial charge in [0, 0.05) is 17.0 Å². The number of anilines is 1. The Morgan fingerprint density at radius 1 is 1.33 bits per heavy atom. The number of fused-ring (bicyclic) bond motifs is 1. The number of hydrogen-bond acceptors (Lipinski definition) is 5. The molecule has 1 aliphatic heterocycles. The Balaban J connectivity index is 2.01. The number of guanidine groups is 1. The third kappa shape index (κ3) is 2.09. The molecule has 1 aromatic heterocycles.